The zero-order valence-corrected chi connectivity index (χ0v) is 14.7. The van der Waals surface area contributed by atoms with Gasteiger partial charge in [0, 0.05) is 23.6 Å². The third kappa shape index (κ3) is 4.03. The summed E-state index contributed by atoms with van der Waals surface area (Å²) in [6.07, 6.45) is 0.985. The first-order valence-corrected chi connectivity index (χ1v) is 8.66. The van der Waals surface area contributed by atoms with Crippen LogP contribution >= 0.6 is 11.6 Å². The fourth-order valence-electron chi connectivity index (χ4n) is 2.94. The van der Waals surface area contributed by atoms with Crippen molar-refractivity contribution < 1.29 is 23.0 Å². The first-order chi connectivity index (χ1) is 12.5. The van der Waals surface area contributed by atoms with Gasteiger partial charge >= 0.3 is 0 Å². The van der Waals surface area contributed by atoms with Crippen LogP contribution in [0.1, 0.15) is 28.8 Å². The Morgan fingerprint density at radius 2 is 1.69 bits per heavy atom. The minimum absolute atomic E-state index is 0.231. The fourth-order valence-corrected chi connectivity index (χ4v) is 3.07. The Bertz CT molecular complexity index is 757. The van der Waals surface area contributed by atoms with Crippen molar-refractivity contribution in [3.63, 3.8) is 0 Å². The Labute approximate surface area is 155 Å². The van der Waals surface area contributed by atoms with E-state index in [2.05, 4.69) is 5.32 Å². The summed E-state index contributed by atoms with van der Waals surface area (Å²) in [6, 6.07) is 10.5. The number of nitrogens with one attached hydrogen (secondary N) is 1. The minimum Gasteiger partial charge on any atom is -0.352 e. The van der Waals surface area contributed by atoms with Gasteiger partial charge in [0.25, 0.3) is 5.91 Å². The maximum Gasteiger partial charge on any atom is 0.257 e. The van der Waals surface area contributed by atoms with Crippen LogP contribution in [-0.4, -0.2) is 25.7 Å². The number of hydrogen-bond donors (Lipinski definition) is 1. The first kappa shape index (κ1) is 18.8. The van der Waals surface area contributed by atoms with Crippen molar-refractivity contribution in [3.05, 3.63) is 70.2 Å². The molecular formula is C19H18ClF2NO3. The highest BCUT2D eigenvalue weighted by Crippen LogP contribution is 2.36. The average molecular weight is 382 g/mol. The van der Waals surface area contributed by atoms with E-state index in [4.69, 9.17) is 21.1 Å². The first-order valence-electron chi connectivity index (χ1n) is 8.28. The van der Waals surface area contributed by atoms with E-state index in [1.165, 1.54) is 6.07 Å². The van der Waals surface area contributed by atoms with E-state index < -0.39 is 28.9 Å². The molecule has 1 aliphatic heterocycles. The molecule has 2 aromatic rings. The van der Waals surface area contributed by atoms with Gasteiger partial charge in [-0.05, 0) is 30.7 Å². The molecule has 1 fully saturated rings. The van der Waals surface area contributed by atoms with Gasteiger partial charge in [-0.3, -0.25) is 4.79 Å². The van der Waals surface area contributed by atoms with Crippen molar-refractivity contribution in [1.29, 1.82) is 0 Å². The highest BCUT2D eigenvalue weighted by Gasteiger charge is 2.37. The van der Waals surface area contributed by atoms with E-state index in [0.29, 0.717) is 31.1 Å². The molecule has 0 bridgehead atoms. The van der Waals surface area contributed by atoms with Crippen molar-refractivity contribution in [2.24, 2.45) is 0 Å². The lowest BCUT2D eigenvalue weighted by Crippen LogP contribution is -2.31. The predicted octanol–water partition coefficient (Wildman–Crippen LogP) is 4.03. The molecule has 0 spiro atoms. The molecule has 26 heavy (non-hydrogen) atoms. The highest BCUT2D eigenvalue weighted by molar-refractivity contribution is 6.30. The number of carbonyl (C=O) groups excluding carboxylic acids is 1. The highest BCUT2D eigenvalue weighted by atomic mass is 35.5. The Balaban J connectivity index is 1.59. The average Bonchev–Trinajstić information content (AvgIpc) is 3.09. The number of hydrogen-bond acceptors (Lipinski definition) is 3. The SMILES string of the molecule is O=C(NCCCC1(c2ccc(Cl)cc2)OCCO1)c1c(F)cccc1F. The molecule has 1 aliphatic rings. The van der Waals surface area contributed by atoms with Gasteiger partial charge in [-0.15, -0.1) is 0 Å². The third-order valence-electron chi connectivity index (χ3n) is 4.20. The van der Waals surface area contributed by atoms with Gasteiger partial charge in [-0.2, -0.15) is 0 Å². The second kappa shape index (κ2) is 8.12. The summed E-state index contributed by atoms with van der Waals surface area (Å²) in [5.74, 6) is -3.45. The Morgan fingerprint density at radius 1 is 1.08 bits per heavy atom. The molecule has 1 amide bonds. The summed E-state index contributed by atoms with van der Waals surface area (Å²) in [5.41, 5.74) is 0.263. The molecule has 0 unspecified atom stereocenters. The smallest absolute Gasteiger partial charge is 0.257 e. The monoisotopic (exact) mass is 381 g/mol. The second-order valence-corrected chi connectivity index (χ2v) is 6.35. The van der Waals surface area contributed by atoms with Crippen LogP contribution in [0.3, 0.4) is 0 Å². The maximum atomic E-state index is 13.6. The van der Waals surface area contributed by atoms with Crippen molar-refractivity contribution in [1.82, 2.24) is 5.32 Å². The van der Waals surface area contributed by atoms with Crippen LogP contribution in [0.4, 0.5) is 8.78 Å². The van der Waals surface area contributed by atoms with E-state index in [0.717, 1.165) is 17.7 Å². The van der Waals surface area contributed by atoms with Gasteiger partial charge in [0.15, 0.2) is 5.79 Å². The normalized spacial score (nSPS) is 15.8. The fraction of sp³-hybridized carbons (Fsp3) is 0.316. The molecular weight excluding hydrogens is 364 g/mol. The molecule has 4 nitrogen and oxygen atoms in total. The molecule has 2 aromatic carbocycles. The van der Waals surface area contributed by atoms with E-state index in [1.54, 1.807) is 12.1 Å². The van der Waals surface area contributed by atoms with Crippen molar-refractivity contribution in [2.75, 3.05) is 19.8 Å². The van der Waals surface area contributed by atoms with Crippen molar-refractivity contribution >= 4 is 17.5 Å². The molecule has 0 aliphatic carbocycles. The van der Waals surface area contributed by atoms with Crippen LogP contribution in [0.25, 0.3) is 0 Å². The van der Waals surface area contributed by atoms with E-state index in [1.807, 2.05) is 12.1 Å². The summed E-state index contributed by atoms with van der Waals surface area (Å²) >= 11 is 5.92. The summed E-state index contributed by atoms with van der Waals surface area (Å²) in [7, 11) is 0. The third-order valence-corrected chi connectivity index (χ3v) is 4.45. The zero-order valence-electron chi connectivity index (χ0n) is 13.9. The summed E-state index contributed by atoms with van der Waals surface area (Å²) in [4.78, 5) is 12.0. The molecule has 138 valence electrons. The minimum atomic E-state index is -0.890. The quantitative estimate of drug-likeness (QED) is 0.768. The molecule has 0 radical (unpaired) electrons. The largest absolute Gasteiger partial charge is 0.352 e. The molecule has 3 rings (SSSR count). The van der Waals surface area contributed by atoms with Crippen LogP contribution in [0.5, 0.6) is 0 Å². The van der Waals surface area contributed by atoms with Gasteiger partial charge in [0.05, 0.1) is 13.2 Å². The number of ether oxygens (including phenoxy) is 2. The lowest BCUT2D eigenvalue weighted by atomic mass is 10.0. The van der Waals surface area contributed by atoms with Crippen molar-refractivity contribution in [2.45, 2.75) is 18.6 Å². The van der Waals surface area contributed by atoms with Gasteiger partial charge < -0.3 is 14.8 Å². The Kier molecular flexibility index (Phi) is 5.86. The zero-order chi connectivity index (χ0) is 18.6. The number of benzene rings is 2. The van der Waals surface area contributed by atoms with Crippen molar-refractivity contribution in [3.8, 4) is 0 Å². The van der Waals surface area contributed by atoms with E-state index in [-0.39, 0.29) is 6.54 Å². The van der Waals surface area contributed by atoms with E-state index in [9.17, 15) is 13.6 Å². The molecule has 1 N–H and O–H groups in total. The summed E-state index contributed by atoms with van der Waals surface area (Å²) in [5, 5.41) is 3.14. The van der Waals surface area contributed by atoms with Gasteiger partial charge in [-0.1, -0.05) is 29.8 Å². The van der Waals surface area contributed by atoms with Crippen LogP contribution < -0.4 is 5.32 Å². The number of amides is 1. The molecule has 0 atom stereocenters. The standard InChI is InChI=1S/C19H18ClF2NO3/c20-14-7-5-13(6-8-14)19(25-11-12-26-19)9-2-10-23-18(24)17-15(21)3-1-4-16(17)22/h1,3-8H,2,9-12H2,(H,23,24). The molecule has 7 heteroatoms. The summed E-state index contributed by atoms with van der Waals surface area (Å²) < 4.78 is 38.8. The topological polar surface area (TPSA) is 47.6 Å². The van der Waals surface area contributed by atoms with Gasteiger partial charge in [-0.25, -0.2) is 8.78 Å². The summed E-state index contributed by atoms with van der Waals surface area (Å²) in [6.45, 7) is 1.17. The van der Waals surface area contributed by atoms with Crippen LogP contribution in [0, 0.1) is 11.6 Å². The Hall–Kier alpha value is -2.02. The lowest BCUT2D eigenvalue weighted by molar-refractivity contribution is -0.171. The number of halogens is 3. The molecule has 0 saturated carbocycles. The molecule has 0 aromatic heterocycles. The Morgan fingerprint density at radius 3 is 2.31 bits per heavy atom. The number of carbonyl (C=O) groups is 1. The molecule has 1 heterocycles. The number of rotatable bonds is 6. The van der Waals surface area contributed by atoms with E-state index >= 15 is 0 Å². The van der Waals surface area contributed by atoms with Crippen LogP contribution in [0.2, 0.25) is 5.02 Å². The predicted molar refractivity (Wildman–Crippen MR) is 93.0 cm³/mol. The van der Waals surface area contributed by atoms with Crippen LogP contribution in [0.15, 0.2) is 42.5 Å². The lowest BCUT2D eigenvalue weighted by Gasteiger charge is -2.28. The van der Waals surface area contributed by atoms with Gasteiger partial charge in [0.1, 0.15) is 17.2 Å². The molecule has 1 saturated heterocycles. The van der Waals surface area contributed by atoms with Crippen LogP contribution in [-0.2, 0) is 15.3 Å². The maximum absolute atomic E-state index is 13.6. The van der Waals surface area contributed by atoms with Gasteiger partial charge in [0.2, 0.25) is 0 Å². The second-order valence-electron chi connectivity index (χ2n) is 5.91.